The van der Waals surface area contributed by atoms with Crippen LogP contribution in [0, 0.1) is 5.41 Å². The number of benzene rings is 1. The van der Waals surface area contributed by atoms with E-state index in [9.17, 15) is 9.00 Å². The Morgan fingerprint density at radius 1 is 1.15 bits per heavy atom. The Balaban J connectivity index is 1.74. The molecule has 0 amide bonds. The monoisotopic (exact) mass is 381 g/mol. The largest absolute Gasteiger partial charge is 0.370 e. The molecule has 140 valence electrons. The van der Waals surface area contributed by atoms with E-state index in [2.05, 4.69) is 16.0 Å². The lowest BCUT2D eigenvalue weighted by molar-refractivity contribution is 0.581. The first kappa shape index (κ1) is 16.8. The number of aromatic amines is 1. The summed E-state index contributed by atoms with van der Waals surface area (Å²) in [7, 11) is 0.726. The Bertz CT molecular complexity index is 1140. The number of fused-ring (bicyclic) bond motifs is 1. The molecule has 1 saturated carbocycles. The molecule has 1 aromatic carbocycles. The van der Waals surface area contributed by atoms with Gasteiger partial charge in [0.25, 0.3) is 5.56 Å². The second-order valence-electron chi connectivity index (χ2n) is 8.03. The fraction of sp³-hybridized carbons (Fsp3) is 0.381. The van der Waals surface area contributed by atoms with E-state index in [0.717, 1.165) is 34.5 Å². The number of nitrogens with zero attached hydrogens (tertiary/aromatic N) is 2. The Hall–Kier alpha value is -2.34. The maximum atomic E-state index is 12.5. The molecule has 1 aliphatic heterocycles. The van der Waals surface area contributed by atoms with Crippen LogP contribution >= 0.6 is 0 Å². The van der Waals surface area contributed by atoms with Crippen molar-refractivity contribution < 1.29 is 4.21 Å². The molecule has 1 N–H and O–H groups in total. The van der Waals surface area contributed by atoms with Crippen LogP contribution in [0.3, 0.4) is 0 Å². The van der Waals surface area contributed by atoms with Gasteiger partial charge in [-0.3, -0.25) is 9.00 Å². The van der Waals surface area contributed by atoms with Gasteiger partial charge in [0.15, 0.2) is 0 Å². The molecule has 1 saturated heterocycles. The number of pyridine rings is 1. The first-order valence-corrected chi connectivity index (χ1v) is 10.9. The number of aryl methyl sites for hydroxylation is 1. The van der Waals surface area contributed by atoms with Crippen LogP contribution in [-0.2, 0) is 17.8 Å². The predicted octanol–water partition coefficient (Wildman–Crippen LogP) is 3.26. The van der Waals surface area contributed by atoms with Gasteiger partial charge in [-0.05, 0) is 48.9 Å². The van der Waals surface area contributed by atoms with Gasteiger partial charge in [0, 0.05) is 76.7 Å². The zero-order valence-corrected chi connectivity index (χ0v) is 16.4. The summed E-state index contributed by atoms with van der Waals surface area (Å²) in [5.41, 5.74) is 4.34. The molecule has 0 bridgehead atoms. The summed E-state index contributed by atoms with van der Waals surface area (Å²) in [6.45, 7) is 2.15. The lowest BCUT2D eigenvalue weighted by atomic mass is 10.0. The predicted molar refractivity (Wildman–Crippen MR) is 110 cm³/mol. The maximum absolute atomic E-state index is 12.5. The summed E-state index contributed by atoms with van der Waals surface area (Å²) in [5, 5.41) is 0.915. The van der Waals surface area contributed by atoms with E-state index >= 15 is 0 Å². The maximum Gasteiger partial charge on any atom is 0.274 e. The van der Waals surface area contributed by atoms with Crippen LogP contribution in [0.4, 0.5) is 5.69 Å². The average molecular weight is 382 g/mol. The normalized spacial score (nSPS) is 19.1. The average Bonchev–Trinajstić information content (AvgIpc) is 3.06. The van der Waals surface area contributed by atoms with Crippen molar-refractivity contribution in [2.75, 3.05) is 24.2 Å². The summed E-state index contributed by atoms with van der Waals surface area (Å²) in [5.74, 6) is 0. The minimum atomic E-state index is -1.05. The minimum Gasteiger partial charge on any atom is -0.370 e. The summed E-state index contributed by atoms with van der Waals surface area (Å²) in [4.78, 5) is 18.8. The van der Waals surface area contributed by atoms with Crippen LogP contribution in [0.2, 0.25) is 0 Å². The second-order valence-corrected chi connectivity index (χ2v) is 9.41. The number of nitrogens with one attached hydrogen (secondary N) is 1. The molecule has 1 aliphatic carbocycles. The van der Waals surface area contributed by atoms with Gasteiger partial charge in [-0.25, -0.2) is 0 Å². The van der Waals surface area contributed by atoms with Crippen molar-refractivity contribution >= 4 is 27.4 Å². The molecule has 2 aliphatic rings. The van der Waals surface area contributed by atoms with Gasteiger partial charge in [-0.1, -0.05) is 0 Å². The van der Waals surface area contributed by atoms with Crippen LogP contribution in [0.1, 0.15) is 19.3 Å². The molecule has 1 unspecified atom stereocenters. The molecule has 1 atom stereocenters. The molecule has 3 heterocycles. The smallest absolute Gasteiger partial charge is 0.274 e. The van der Waals surface area contributed by atoms with Crippen LogP contribution in [0.25, 0.3) is 22.0 Å². The second kappa shape index (κ2) is 5.83. The number of hydrogen-bond acceptors (Lipinski definition) is 3. The molecular formula is C21H23N3O2S. The van der Waals surface area contributed by atoms with E-state index in [1.807, 2.05) is 30.6 Å². The molecule has 2 fully saturated rings. The van der Waals surface area contributed by atoms with E-state index in [4.69, 9.17) is 0 Å². The van der Waals surface area contributed by atoms with Crippen molar-refractivity contribution in [3.63, 3.8) is 0 Å². The molecule has 3 aromatic rings. The van der Waals surface area contributed by atoms with Gasteiger partial charge in [0.1, 0.15) is 5.52 Å². The van der Waals surface area contributed by atoms with Gasteiger partial charge >= 0.3 is 0 Å². The van der Waals surface area contributed by atoms with Gasteiger partial charge in [-0.2, -0.15) is 0 Å². The van der Waals surface area contributed by atoms with Gasteiger partial charge < -0.3 is 14.5 Å². The lowest BCUT2D eigenvalue weighted by Crippen LogP contribution is -2.21. The van der Waals surface area contributed by atoms with E-state index < -0.39 is 10.8 Å². The Kier molecular flexibility index (Phi) is 3.63. The lowest BCUT2D eigenvalue weighted by Gasteiger charge is -2.23. The van der Waals surface area contributed by atoms with Crippen LogP contribution in [0.15, 0.2) is 46.3 Å². The fourth-order valence-electron chi connectivity index (χ4n) is 4.39. The molecule has 5 nitrogen and oxygen atoms in total. The summed E-state index contributed by atoms with van der Waals surface area (Å²) < 4.78 is 13.8. The highest BCUT2D eigenvalue weighted by molar-refractivity contribution is 7.84. The van der Waals surface area contributed by atoms with Gasteiger partial charge in [0.05, 0.1) is 0 Å². The zero-order chi connectivity index (χ0) is 18.8. The van der Waals surface area contributed by atoms with E-state index in [1.54, 1.807) is 17.9 Å². The molecule has 2 aromatic heterocycles. The summed E-state index contributed by atoms with van der Waals surface area (Å²) >= 11 is 0. The van der Waals surface area contributed by atoms with E-state index in [1.165, 1.54) is 24.9 Å². The topological polar surface area (TPSA) is 58.1 Å². The van der Waals surface area contributed by atoms with Gasteiger partial charge in [-0.15, -0.1) is 0 Å². The highest BCUT2D eigenvalue weighted by Gasteiger charge is 2.48. The van der Waals surface area contributed by atoms with Crippen molar-refractivity contribution in [1.29, 1.82) is 0 Å². The minimum absolute atomic E-state index is 0.0337. The Morgan fingerprint density at radius 3 is 2.67 bits per heavy atom. The van der Waals surface area contributed by atoms with Gasteiger partial charge in [0.2, 0.25) is 0 Å². The van der Waals surface area contributed by atoms with E-state index in [-0.39, 0.29) is 5.56 Å². The third-order valence-corrected chi connectivity index (χ3v) is 7.14. The highest BCUT2D eigenvalue weighted by Crippen LogP contribution is 2.54. The van der Waals surface area contributed by atoms with Crippen molar-refractivity contribution in [2.45, 2.75) is 24.2 Å². The molecule has 0 radical (unpaired) electrons. The highest BCUT2D eigenvalue weighted by atomic mass is 32.2. The fourth-order valence-corrected chi connectivity index (χ4v) is 4.94. The number of rotatable bonds is 3. The number of H-pyrrole nitrogens is 1. The van der Waals surface area contributed by atoms with E-state index in [0.29, 0.717) is 10.9 Å². The Morgan fingerprint density at radius 2 is 1.96 bits per heavy atom. The molecular weight excluding hydrogens is 358 g/mol. The summed E-state index contributed by atoms with van der Waals surface area (Å²) in [6, 6.07) is 8.08. The van der Waals surface area contributed by atoms with Crippen molar-refractivity contribution in [2.24, 2.45) is 12.5 Å². The third kappa shape index (κ3) is 2.65. The molecule has 27 heavy (non-hydrogen) atoms. The van der Waals surface area contributed by atoms with Crippen molar-refractivity contribution in [1.82, 2.24) is 9.55 Å². The summed E-state index contributed by atoms with van der Waals surface area (Å²) in [6.07, 6.45) is 9.34. The molecule has 1 spiro atoms. The molecule has 6 heteroatoms. The number of aromatic nitrogens is 2. The van der Waals surface area contributed by atoms with Crippen LogP contribution in [-0.4, -0.2) is 33.1 Å². The van der Waals surface area contributed by atoms with Crippen LogP contribution in [0.5, 0.6) is 0 Å². The van der Waals surface area contributed by atoms with Crippen molar-refractivity contribution in [3.8, 4) is 11.1 Å². The SMILES string of the molecule is Cn1cc(-c2cc(S(C)=O)ccc2N2CCC3(CC3)C2)c2cc[nH]c2c1=O. The van der Waals surface area contributed by atoms with Crippen molar-refractivity contribution in [3.05, 3.63) is 47.0 Å². The molecule has 5 rings (SSSR count). The standard InChI is InChI=1S/C21H23N3O2S/c1-23-12-17(15-5-9-22-19(15)20(23)25)16-11-14(27(2)26)3-4-18(16)24-10-8-21(13-24)6-7-21/h3-5,9,11-12,22H,6-8,10,13H2,1-2H3. The Labute approximate surface area is 160 Å². The first-order valence-electron chi connectivity index (χ1n) is 9.37. The third-order valence-electron chi connectivity index (χ3n) is 6.22. The van der Waals surface area contributed by atoms with Crippen LogP contribution < -0.4 is 10.5 Å². The zero-order valence-electron chi connectivity index (χ0n) is 15.6. The number of anilines is 1. The number of hydrogen-bond donors (Lipinski definition) is 1. The first-order chi connectivity index (χ1) is 13.0. The quantitative estimate of drug-likeness (QED) is 0.758.